The summed E-state index contributed by atoms with van der Waals surface area (Å²) in [5, 5.41) is 11.6. The van der Waals surface area contributed by atoms with E-state index in [4.69, 9.17) is 9.94 Å². The first kappa shape index (κ1) is 20.1. The van der Waals surface area contributed by atoms with Crippen molar-refractivity contribution < 1.29 is 19.5 Å². The van der Waals surface area contributed by atoms with Crippen molar-refractivity contribution in [1.82, 2.24) is 10.8 Å². The highest BCUT2D eigenvalue weighted by atomic mass is 16.7. The summed E-state index contributed by atoms with van der Waals surface area (Å²) in [6, 6.07) is 7.30. The molecule has 0 heterocycles. The van der Waals surface area contributed by atoms with Crippen molar-refractivity contribution in [3.63, 3.8) is 0 Å². The van der Waals surface area contributed by atoms with Crippen molar-refractivity contribution >= 4 is 11.8 Å². The van der Waals surface area contributed by atoms with Crippen molar-refractivity contribution in [1.29, 1.82) is 0 Å². The SMILES string of the molecule is CC(C)[C@@H](CO)ONC(=O)CNC(=O)c1ccc(C(C)(C)C)cc1. The first-order valence-corrected chi connectivity index (χ1v) is 8.09. The van der Waals surface area contributed by atoms with Crippen LogP contribution in [-0.2, 0) is 15.0 Å². The summed E-state index contributed by atoms with van der Waals surface area (Å²) in [4.78, 5) is 28.8. The van der Waals surface area contributed by atoms with Crippen LogP contribution < -0.4 is 10.8 Å². The van der Waals surface area contributed by atoms with Gasteiger partial charge in [0.2, 0.25) is 0 Å². The van der Waals surface area contributed by atoms with Crippen LogP contribution in [0.15, 0.2) is 24.3 Å². The molecule has 0 saturated heterocycles. The minimum atomic E-state index is -0.478. The lowest BCUT2D eigenvalue weighted by atomic mass is 9.87. The average Bonchev–Trinajstić information content (AvgIpc) is 2.52. The Morgan fingerprint density at radius 3 is 2.21 bits per heavy atom. The number of carbonyl (C=O) groups excluding carboxylic acids is 2. The van der Waals surface area contributed by atoms with Crippen LogP contribution in [-0.4, -0.2) is 36.2 Å². The largest absolute Gasteiger partial charge is 0.394 e. The van der Waals surface area contributed by atoms with E-state index in [2.05, 4.69) is 31.6 Å². The van der Waals surface area contributed by atoms with Crippen LogP contribution in [0.5, 0.6) is 0 Å². The molecule has 0 fully saturated rings. The molecular weight excluding hydrogens is 308 g/mol. The molecule has 134 valence electrons. The second kappa shape index (κ2) is 8.80. The number of aliphatic hydroxyl groups is 1. The number of hydrogen-bond donors (Lipinski definition) is 3. The summed E-state index contributed by atoms with van der Waals surface area (Å²) >= 11 is 0. The zero-order valence-electron chi connectivity index (χ0n) is 15.1. The van der Waals surface area contributed by atoms with Gasteiger partial charge in [0.05, 0.1) is 13.2 Å². The summed E-state index contributed by atoms with van der Waals surface area (Å²) in [6.07, 6.45) is -0.477. The van der Waals surface area contributed by atoms with Gasteiger partial charge in [0.25, 0.3) is 11.8 Å². The third kappa shape index (κ3) is 6.29. The summed E-state index contributed by atoms with van der Waals surface area (Å²) in [6.45, 7) is 9.66. The lowest BCUT2D eigenvalue weighted by molar-refractivity contribution is -0.142. The number of amides is 2. The Hall–Kier alpha value is -1.92. The van der Waals surface area contributed by atoms with Gasteiger partial charge < -0.3 is 10.4 Å². The lowest BCUT2D eigenvalue weighted by Gasteiger charge is -2.19. The van der Waals surface area contributed by atoms with Crippen molar-refractivity contribution in [2.45, 2.75) is 46.1 Å². The molecule has 0 unspecified atom stereocenters. The van der Waals surface area contributed by atoms with E-state index in [0.717, 1.165) is 5.56 Å². The molecule has 1 rings (SSSR count). The fourth-order valence-electron chi connectivity index (χ4n) is 1.95. The van der Waals surface area contributed by atoms with E-state index in [9.17, 15) is 9.59 Å². The van der Waals surface area contributed by atoms with Gasteiger partial charge in [-0.2, -0.15) is 0 Å². The molecule has 0 aromatic heterocycles. The molecule has 0 spiro atoms. The second-order valence-corrected chi connectivity index (χ2v) is 7.12. The van der Waals surface area contributed by atoms with Gasteiger partial charge in [0.15, 0.2) is 0 Å². The fraction of sp³-hybridized carbons (Fsp3) is 0.556. The van der Waals surface area contributed by atoms with Crippen molar-refractivity contribution in [2.75, 3.05) is 13.2 Å². The Kier molecular flexibility index (Phi) is 7.38. The summed E-state index contributed by atoms with van der Waals surface area (Å²) in [5.74, 6) is -0.742. The quantitative estimate of drug-likeness (QED) is 0.662. The molecule has 0 aliphatic heterocycles. The smallest absolute Gasteiger partial charge is 0.262 e. The highest BCUT2D eigenvalue weighted by molar-refractivity contribution is 5.96. The molecule has 6 nitrogen and oxygen atoms in total. The third-order valence-electron chi connectivity index (χ3n) is 3.67. The highest BCUT2D eigenvalue weighted by Crippen LogP contribution is 2.22. The van der Waals surface area contributed by atoms with Crippen LogP contribution in [0.4, 0.5) is 0 Å². The van der Waals surface area contributed by atoms with Gasteiger partial charge in [-0.25, -0.2) is 5.48 Å². The number of rotatable bonds is 7. The topological polar surface area (TPSA) is 87.7 Å². The number of benzene rings is 1. The molecule has 0 bridgehead atoms. The molecule has 0 aliphatic carbocycles. The Morgan fingerprint density at radius 1 is 1.17 bits per heavy atom. The molecule has 3 N–H and O–H groups in total. The molecule has 1 aromatic carbocycles. The fourth-order valence-corrected chi connectivity index (χ4v) is 1.95. The van der Waals surface area contributed by atoms with Gasteiger partial charge in [-0.1, -0.05) is 46.8 Å². The molecule has 1 aromatic rings. The Morgan fingerprint density at radius 2 is 1.75 bits per heavy atom. The molecule has 24 heavy (non-hydrogen) atoms. The van der Waals surface area contributed by atoms with E-state index in [1.807, 2.05) is 26.0 Å². The third-order valence-corrected chi connectivity index (χ3v) is 3.67. The predicted molar refractivity (Wildman–Crippen MR) is 92.4 cm³/mol. The number of nitrogens with one attached hydrogen (secondary N) is 2. The van der Waals surface area contributed by atoms with E-state index in [1.54, 1.807) is 12.1 Å². The van der Waals surface area contributed by atoms with Crippen LogP contribution >= 0.6 is 0 Å². The molecule has 0 aliphatic rings. The van der Waals surface area contributed by atoms with E-state index in [0.29, 0.717) is 5.56 Å². The molecule has 0 saturated carbocycles. The number of hydroxylamine groups is 1. The zero-order chi connectivity index (χ0) is 18.3. The van der Waals surface area contributed by atoms with E-state index in [-0.39, 0.29) is 30.4 Å². The van der Waals surface area contributed by atoms with Gasteiger partial charge in [0.1, 0.15) is 6.10 Å². The maximum Gasteiger partial charge on any atom is 0.262 e. The van der Waals surface area contributed by atoms with Gasteiger partial charge in [-0.05, 0) is 29.0 Å². The van der Waals surface area contributed by atoms with Gasteiger partial charge in [-0.3, -0.25) is 14.4 Å². The summed E-state index contributed by atoms with van der Waals surface area (Å²) in [5.41, 5.74) is 3.88. The van der Waals surface area contributed by atoms with E-state index in [1.165, 1.54) is 0 Å². The van der Waals surface area contributed by atoms with Crippen LogP contribution in [0.2, 0.25) is 0 Å². The first-order valence-electron chi connectivity index (χ1n) is 8.09. The van der Waals surface area contributed by atoms with Crippen molar-refractivity contribution in [2.24, 2.45) is 5.92 Å². The van der Waals surface area contributed by atoms with Crippen molar-refractivity contribution in [3.8, 4) is 0 Å². The van der Waals surface area contributed by atoms with Gasteiger partial charge in [0, 0.05) is 5.56 Å². The average molecular weight is 336 g/mol. The molecule has 2 amide bonds. The maximum atomic E-state index is 12.0. The normalized spacial score (nSPS) is 12.8. The maximum absolute atomic E-state index is 12.0. The highest BCUT2D eigenvalue weighted by Gasteiger charge is 2.16. The molecule has 0 radical (unpaired) electrons. The van der Waals surface area contributed by atoms with Crippen LogP contribution in [0, 0.1) is 5.92 Å². The summed E-state index contributed by atoms with van der Waals surface area (Å²) < 4.78 is 0. The Balaban J connectivity index is 2.47. The van der Waals surface area contributed by atoms with Crippen LogP contribution in [0.3, 0.4) is 0 Å². The molecule has 1 atom stereocenters. The zero-order valence-corrected chi connectivity index (χ0v) is 15.1. The van der Waals surface area contributed by atoms with E-state index < -0.39 is 12.0 Å². The second-order valence-electron chi connectivity index (χ2n) is 7.12. The Bertz CT molecular complexity index is 547. The predicted octanol–water partition coefficient (Wildman–Crippen LogP) is 1.78. The number of carbonyl (C=O) groups is 2. The van der Waals surface area contributed by atoms with Gasteiger partial charge in [-0.15, -0.1) is 0 Å². The van der Waals surface area contributed by atoms with E-state index >= 15 is 0 Å². The van der Waals surface area contributed by atoms with Crippen LogP contribution in [0.25, 0.3) is 0 Å². The molecule has 6 heteroatoms. The van der Waals surface area contributed by atoms with Crippen LogP contribution in [0.1, 0.15) is 50.5 Å². The lowest BCUT2D eigenvalue weighted by Crippen LogP contribution is -2.40. The van der Waals surface area contributed by atoms with Crippen molar-refractivity contribution in [3.05, 3.63) is 35.4 Å². The minimum Gasteiger partial charge on any atom is -0.394 e. The minimum absolute atomic E-state index is 0.0197. The first-order chi connectivity index (χ1) is 11.1. The monoisotopic (exact) mass is 336 g/mol. The number of aliphatic hydroxyl groups excluding tert-OH is 1. The number of hydrogen-bond acceptors (Lipinski definition) is 4. The summed E-state index contributed by atoms with van der Waals surface area (Å²) in [7, 11) is 0. The molecular formula is C18H28N2O4. The van der Waals surface area contributed by atoms with Gasteiger partial charge >= 0.3 is 0 Å². The standard InChI is InChI=1S/C18H28N2O4/c1-12(2)15(11-21)24-20-16(22)10-19-17(23)13-6-8-14(9-7-13)18(3,4)5/h6-9,12,15,21H,10-11H2,1-5H3,(H,19,23)(H,20,22)/t15-/m1/s1. The Labute approximate surface area is 143 Å².